The SMILES string of the molecule is O=C1CCCCCCCCOCCCCCC1. The maximum absolute atomic E-state index is 11.6. The molecule has 1 heterocycles. The predicted molar refractivity (Wildman–Crippen MR) is 71.2 cm³/mol. The van der Waals surface area contributed by atoms with Gasteiger partial charge in [-0.1, -0.05) is 38.5 Å². The summed E-state index contributed by atoms with van der Waals surface area (Å²) in [4.78, 5) is 11.6. The Bertz CT molecular complexity index is 171. The molecule has 2 nitrogen and oxygen atoms in total. The van der Waals surface area contributed by atoms with Gasteiger partial charge in [0.05, 0.1) is 0 Å². The molecule has 0 spiro atoms. The van der Waals surface area contributed by atoms with E-state index in [9.17, 15) is 4.79 Å². The van der Waals surface area contributed by atoms with E-state index in [1.165, 1.54) is 44.9 Å². The maximum atomic E-state index is 11.6. The van der Waals surface area contributed by atoms with Gasteiger partial charge < -0.3 is 4.74 Å². The fourth-order valence-electron chi connectivity index (χ4n) is 2.34. The fraction of sp³-hybridized carbons (Fsp3) is 0.933. The van der Waals surface area contributed by atoms with Crippen molar-refractivity contribution in [2.75, 3.05) is 13.2 Å². The van der Waals surface area contributed by atoms with Crippen LogP contribution < -0.4 is 0 Å². The van der Waals surface area contributed by atoms with Crippen molar-refractivity contribution >= 4 is 5.78 Å². The Hall–Kier alpha value is -0.370. The van der Waals surface area contributed by atoms with Crippen LogP contribution in [0.1, 0.15) is 77.0 Å². The van der Waals surface area contributed by atoms with Gasteiger partial charge in [-0.3, -0.25) is 4.79 Å². The van der Waals surface area contributed by atoms with E-state index < -0.39 is 0 Å². The molecule has 1 saturated heterocycles. The first-order valence-electron chi connectivity index (χ1n) is 7.49. The second-order valence-corrected chi connectivity index (χ2v) is 5.19. The van der Waals surface area contributed by atoms with E-state index in [1.54, 1.807) is 0 Å². The number of Topliss-reactive ketones (excluding diaryl/α,β-unsaturated/α-hetero) is 1. The molecule has 0 aliphatic carbocycles. The molecule has 2 heteroatoms. The Labute approximate surface area is 106 Å². The third-order valence-corrected chi connectivity index (χ3v) is 3.49. The molecule has 1 fully saturated rings. The van der Waals surface area contributed by atoms with Crippen LogP contribution in [0.15, 0.2) is 0 Å². The molecule has 0 aromatic rings. The summed E-state index contributed by atoms with van der Waals surface area (Å²) in [7, 11) is 0. The second-order valence-electron chi connectivity index (χ2n) is 5.19. The Morgan fingerprint density at radius 3 is 1.53 bits per heavy atom. The average molecular weight is 240 g/mol. The van der Waals surface area contributed by atoms with Crippen LogP contribution in [-0.2, 0) is 9.53 Å². The van der Waals surface area contributed by atoms with Gasteiger partial charge in [0.2, 0.25) is 0 Å². The molecule has 1 rings (SSSR count). The summed E-state index contributed by atoms with van der Waals surface area (Å²) in [6.07, 6.45) is 13.7. The monoisotopic (exact) mass is 240 g/mol. The van der Waals surface area contributed by atoms with Crippen LogP contribution in [0.2, 0.25) is 0 Å². The van der Waals surface area contributed by atoms with Crippen molar-refractivity contribution in [1.29, 1.82) is 0 Å². The van der Waals surface area contributed by atoms with Crippen molar-refractivity contribution in [2.45, 2.75) is 77.0 Å². The third kappa shape index (κ3) is 9.34. The lowest BCUT2D eigenvalue weighted by Crippen LogP contribution is -2.00. The van der Waals surface area contributed by atoms with Crippen LogP contribution in [-0.4, -0.2) is 19.0 Å². The van der Waals surface area contributed by atoms with Crippen LogP contribution in [0, 0.1) is 0 Å². The maximum Gasteiger partial charge on any atom is 0.132 e. The van der Waals surface area contributed by atoms with E-state index in [0.29, 0.717) is 5.78 Å². The summed E-state index contributed by atoms with van der Waals surface area (Å²) < 4.78 is 5.59. The lowest BCUT2D eigenvalue weighted by molar-refractivity contribution is -0.119. The van der Waals surface area contributed by atoms with Gasteiger partial charge in [0, 0.05) is 26.1 Å². The quantitative estimate of drug-likeness (QED) is 0.632. The van der Waals surface area contributed by atoms with Crippen LogP contribution >= 0.6 is 0 Å². The van der Waals surface area contributed by atoms with Crippen molar-refractivity contribution in [2.24, 2.45) is 0 Å². The Balaban J connectivity index is 2.11. The zero-order valence-corrected chi connectivity index (χ0v) is 11.2. The van der Waals surface area contributed by atoms with Gasteiger partial charge in [-0.25, -0.2) is 0 Å². The molecule has 0 N–H and O–H groups in total. The number of carbonyl (C=O) groups is 1. The average Bonchev–Trinajstić information content (AvgIpc) is 2.32. The standard InChI is InChI=1S/C15H28O2/c16-15-11-7-3-1-2-5-9-13-17-14-10-6-4-8-12-15/h1-14H2. The molecule has 0 radical (unpaired) electrons. The molecule has 0 aromatic carbocycles. The molecule has 0 saturated carbocycles. The third-order valence-electron chi connectivity index (χ3n) is 3.49. The summed E-state index contributed by atoms with van der Waals surface area (Å²) in [5.74, 6) is 0.480. The highest BCUT2D eigenvalue weighted by Gasteiger charge is 2.02. The van der Waals surface area contributed by atoms with Crippen molar-refractivity contribution < 1.29 is 9.53 Å². The first kappa shape index (κ1) is 14.7. The lowest BCUT2D eigenvalue weighted by Gasteiger charge is -2.06. The summed E-state index contributed by atoms with van der Waals surface area (Å²) in [6, 6.07) is 0. The first-order chi connectivity index (χ1) is 8.39. The van der Waals surface area contributed by atoms with Gasteiger partial charge in [0.25, 0.3) is 0 Å². The summed E-state index contributed by atoms with van der Waals surface area (Å²) in [6.45, 7) is 1.85. The van der Waals surface area contributed by atoms with E-state index in [2.05, 4.69) is 0 Å². The molecule has 0 unspecified atom stereocenters. The normalized spacial score (nSPS) is 23.4. The number of ether oxygens (including phenoxy) is 1. The molecule has 1 aliphatic rings. The number of hydrogen-bond acceptors (Lipinski definition) is 2. The molecule has 0 bridgehead atoms. The highest BCUT2D eigenvalue weighted by atomic mass is 16.5. The van der Waals surface area contributed by atoms with Gasteiger partial charge >= 0.3 is 0 Å². The van der Waals surface area contributed by atoms with Gasteiger partial charge in [0.15, 0.2) is 0 Å². The van der Waals surface area contributed by atoms with Crippen molar-refractivity contribution in [3.05, 3.63) is 0 Å². The zero-order chi connectivity index (χ0) is 12.2. The number of ketones is 1. The Morgan fingerprint density at radius 2 is 1.00 bits per heavy atom. The molecule has 0 amide bonds. The van der Waals surface area contributed by atoms with Crippen LogP contribution in [0.4, 0.5) is 0 Å². The van der Waals surface area contributed by atoms with Gasteiger partial charge in [-0.05, 0) is 25.7 Å². The van der Waals surface area contributed by atoms with E-state index in [0.717, 1.165) is 45.3 Å². The van der Waals surface area contributed by atoms with E-state index in [1.807, 2.05) is 0 Å². The topological polar surface area (TPSA) is 26.3 Å². The summed E-state index contributed by atoms with van der Waals surface area (Å²) in [5.41, 5.74) is 0. The molecule has 17 heavy (non-hydrogen) atoms. The minimum atomic E-state index is 0.480. The largest absolute Gasteiger partial charge is 0.381 e. The molecular formula is C15H28O2. The second kappa shape index (κ2) is 10.8. The van der Waals surface area contributed by atoms with Gasteiger partial charge in [-0.2, -0.15) is 0 Å². The Kier molecular flexibility index (Phi) is 9.30. The van der Waals surface area contributed by atoms with Crippen molar-refractivity contribution in [3.8, 4) is 0 Å². The first-order valence-corrected chi connectivity index (χ1v) is 7.49. The smallest absolute Gasteiger partial charge is 0.132 e. The summed E-state index contributed by atoms with van der Waals surface area (Å²) in [5, 5.41) is 0. The highest BCUT2D eigenvalue weighted by molar-refractivity contribution is 5.78. The number of rotatable bonds is 0. The fourth-order valence-corrected chi connectivity index (χ4v) is 2.34. The van der Waals surface area contributed by atoms with Crippen molar-refractivity contribution in [3.63, 3.8) is 0 Å². The van der Waals surface area contributed by atoms with E-state index in [4.69, 9.17) is 4.74 Å². The lowest BCUT2D eigenvalue weighted by atomic mass is 10.0. The minimum Gasteiger partial charge on any atom is -0.381 e. The Morgan fingerprint density at radius 1 is 0.588 bits per heavy atom. The molecule has 100 valence electrons. The van der Waals surface area contributed by atoms with Gasteiger partial charge in [-0.15, -0.1) is 0 Å². The van der Waals surface area contributed by atoms with Crippen LogP contribution in [0.25, 0.3) is 0 Å². The van der Waals surface area contributed by atoms with Crippen molar-refractivity contribution in [1.82, 2.24) is 0 Å². The van der Waals surface area contributed by atoms with E-state index >= 15 is 0 Å². The summed E-state index contributed by atoms with van der Waals surface area (Å²) >= 11 is 0. The van der Waals surface area contributed by atoms with Crippen LogP contribution in [0.5, 0.6) is 0 Å². The van der Waals surface area contributed by atoms with Gasteiger partial charge in [0.1, 0.15) is 5.78 Å². The zero-order valence-electron chi connectivity index (χ0n) is 11.2. The predicted octanol–water partition coefficient (Wildman–Crippen LogP) is 4.27. The molecular weight excluding hydrogens is 212 g/mol. The molecule has 0 aromatic heterocycles. The highest BCUT2D eigenvalue weighted by Crippen LogP contribution is 2.11. The number of carbonyl (C=O) groups excluding carboxylic acids is 1. The minimum absolute atomic E-state index is 0.480. The van der Waals surface area contributed by atoms with E-state index in [-0.39, 0.29) is 0 Å². The number of hydrogen-bond donors (Lipinski definition) is 0. The van der Waals surface area contributed by atoms with Crippen LogP contribution in [0.3, 0.4) is 0 Å². The molecule has 1 aliphatic heterocycles. The molecule has 0 atom stereocenters.